The van der Waals surface area contributed by atoms with Crippen LogP contribution in [0.25, 0.3) is 11.8 Å². The van der Waals surface area contributed by atoms with Gasteiger partial charge in [-0.25, -0.2) is 14.1 Å². The number of amides is 4. The average Bonchev–Trinajstić information content (AvgIpc) is 3.20. The van der Waals surface area contributed by atoms with E-state index in [1.54, 1.807) is 12.1 Å². The number of imide groups is 2. The molecule has 0 saturated carbocycles. The van der Waals surface area contributed by atoms with E-state index >= 15 is 0 Å². The van der Waals surface area contributed by atoms with Crippen molar-refractivity contribution < 1.29 is 18.8 Å². The number of carbonyl (C=O) groups is 3. The molecular formula is C23H19FN4O3. The highest BCUT2D eigenvalue weighted by Crippen LogP contribution is 2.24. The lowest BCUT2D eigenvalue weighted by atomic mass is 10.1. The minimum atomic E-state index is -0.881. The molecule has 7 nitrogen and oxygen atoms in total. The summed E-state index contributed by atoms with van der Waals surface area (Å²) in [5, 5.41) is 2.16. The number of nitrogens with one attached hydrogen (secondary N) is 1. The van der Waals surface area contributed by atoms with Crippen LogP contribution in [0.2, 0.25) is 0 Å². The van der Waals surface area contributed by atoms with E-state index in [1.807, 2.05) is 54.0 Å². The van der Waals surface area contributed by atoms with Crippen molar-refractivity contribution in [3.05, 3.63) is 83.9 Å². The Morgan fingerprint density at radius 3 is 2.19 bits per heavy atom. The molecule has 0 aliphatic carbocycles. The van der Waals surface area contributed by atoms with Crippen LogP contribution in [0, 0.1) is 5.82 Å². The van der Waals surface area contributed by atoms with Crippen LogP contribution in [0.15, 0.2) is 72.4 Å². The number of hydrogen-bond donors (Lipinski definition) is 1. The van der Waals surface area contributed by atoms with Crippen molar-refractivity contribution in [1.82, 2.24) is 9.88 Å². The van der Waals surface area contributed by atoms with Gasteiger partial charge in [0.25, 0.3) is 11.8 Å². The smallest absolute Gasteiger partial charge is 0.335 e. The largest absolute Gasteiger partial charge is 0.378 e. The molecule has 1 aromatic heterocycles. The van der Waals surface area contributed by atoms with Gasteiger partial charge in [-0.1, -0.05) is 0 Å². The van der Waals surface area contributed by atoms with Gasteiger partial charge in [-0.2, -0.15) is 0 Å². The fourth-order valence-corrected chi connectivity index (χ4v) is 3.29. The number of urea groups is 1. The Balaban J connectivity index is 1.70. The lowest BCUT2D eigenvalue weighted by molar-refractivity contribution is -0.122. The summed E-state index contributed by atoms with van der Waals surface area (Å²) in [6.07, 6.45) is 3.24. The first-order chi connectivity index (χ1) is 14.8. The number of rotatable bonds is 4. The summed E-state index contributed by atoms with van der Waals surface area (Å²) < 4.78 is 15.1. The van der Waals surface area contributed by atoms with Crippen LogP contribution in [-0.2, 0) is 9.59 Å². The fourth-order valence-electron chi connectivity index (χ4n) is 3.29. The second-order valence-electron chi connectivity index (χ2n) is 7.15. The van der Waals surface area contributed by atoms with Gasteiger partial charge in [-0.05, 0) is 66.7 Å². The molecule has 2 heterocycles. The quantitative estimate of drug-likeness (QED) is 0.521. The van der Waals surface area contributed by atoms with Gasteiger partial charge in [0, 0.05) is 37.4 Å². The predicted octanol–water partition coefficient (Wildman–Crippen LogP) is 3.35. The molecule has 1 aliphatic heterocycles. The first kappa shape index (κ1) is 20.1. The van der Waals surface area contributed by atoms with E-state index in [-0.39, 0.29) is 11.3 Å². The molecule has 3 aromatic rings. The van der Waals surface area contributed by atoms with Crippen molar-refractivity contribution in [3.63, 3.8) is 0 Å². The monoisotopic (exact) mass is 418 g/mol. The zero-order valence-corrected chi connectivity index (χ0v) is 16.9. The lowest BCUT2D eigenvalue weighted by Gasteiger charge is -2.26. The van der Waals surface area contributed by atoms with Gasteiger partial charge in [0.15, 0.2) is 0 Å². The summed E-state index contributed by atoms with van der Waals surface area (Å²) in [6.45, 7) is 0. The van der Waals surface area contributed by atoms with E-state index in [9.17, 15) is 18.8 Å². The molecule has 4 rings (SSSR count). The molecule has 1 saturated heterocycles. The molecule has 31 heavy (non-hydrogen) atoms. The first-order valence-electron chi connectivity index (χ1n) is 9.47. The van der Waals surface area contributed by atoms with Crippen LogP contribution in [0.4, 0.5) is 20.6 Å². The van der Waals surface area contributed by atoms with Crippen molar-refractivity contribution in [3.8, 4) is 5.69 Å². The summed E-state index contributed by atoms with van der Waals surface area (Å²) in [5.74, 6) is -2.07. The third-order valence-corrected chi connectivity index (χ3v) is 4.90. The van der Waals surface area contributed by atoms with Crippen molar-refractivity contribution in [2.45, 2.75) is 0 Å². The van der Waals surface area contributed by atoms with Gasteiger partial charge in [0.1, 0.15) is 11.4 Å². The highest BCUT2D eigenvalue weighted by molar-refractivity contribution is 6.39. The number of carbonyl (C=O) groups excluding carboxylic acids is 3. The van der Waals surface area contributed by atoms with Gasteiger partial charge in [-0.3, -0.25) is 14.9 Å². The molecule has 0 atom stereocenters. The van der Waals surface area contributed by atoms with Crippen molar-refractivity contribution in [2.24, 2.45) is 0 Å². The summed E-state index contributed by atoms with van der Waals surface area (Å²) >= 11 is 0. The molecule has 0 bridgehead atoms. The van der Waals surface area contributed by atoms with Gasteiger partial charge in [0.05, 0.1) is 5.69 Å². The van der Waals surface area contributed by atoms with Gasteiger partial charge in [-0.15, -0.1) is 0 Å². The normalized spacial score (nSPS) is 15.4. The SMILES string of the molecule is CN(C)c1ccc(-n2cccc2/C=C2\C(=O)NC(=O)N(c3ccc(F)cc3)C2=O)cc1. The Morgan fingerprint density at radius 1 is 0.903 bits per heavy atom. The van der Waals surface area contributed by atoms with Gasteiger partial charge < -0.3 is 9.47 Å². The summed E-state index contributed by atoms with van der Waals surface area (Å²) in [4.78, 5) is 40.5. The molecule has 1 fully saturated rings. The maximum absolute atomic E-state index is 13.2. The fraction of sp³-hybridized carbons (Fsp3) is 0.0870. The number of anilines is 2. The summed E-state index contributed by atoms with van der Waals surface area (Å²) in [7, 11) is 3.89. The molecule has 156 valence electrons. The molecule has 0 unspecified atom stereocenters. The van der Waals surface area contributed by atoms with Crippen molar-refractivity contribution in [2.75, 3.05) is 23.9 Å². The third-order valence-electron chi connectivity index (χ3n) is 4.90. The topological polar surface area (TPSA) is 74.7 Å². The van der Waals surface area contributed by atoms with Crippen LogP contribution in [-0.4, -0.2) is 36.5 Å². The standard InChI is InChI=1S/C23H19FN4O3/c1-26(2)16-9-11-17(12-10-16)27-13-3-4-19(27)14-20-21(29)25-23(31)28(22(20)30)18-7-5-15(24)6-8-18/h3-14H,1-2H3,(H,25,29,31)/b20-14+. The highest BCUT2D eigenvalue weighted by Gasteiger charge is 2.37. The van der Waals surface area contributed by atoms with Crippen LogP contribution >= 0.6 is 0 Å². The van der Waals surface area contributed by atoms with Gasteiger partial charge in [0.2, 0.25) is 0 Å². The van der Waals surface area contributed by atoms with Crippen molar-refractivity contribution >= 4 is 35.3 Å². The second kappa shape index (κ2) is 7.91. The third kappa shape index (κ3) is 3.83. The van der Waals surface area contributed by atoms with E-state index < -0.39 is 23.7 Å². The van der Waals surface area contributed by atoms with Crippen LogP contribution in [0.1, 0.15) is 5.69 Å². The minimum absolute atomic E-state index is 0.164. The number of nitrogens with zero attached hydrogens (tertiary/aromatic N) is 3. The molecule has 0 spiro atoms. The lowest BCUT2D eigenvalue weighted by Crippen LogP contribution is -2.54. The molecule has 0 radical (unpaired) electrons. The summed E-state index contributed by atoms with van der Waals surface area (Å²) in [6, 6.07) is 15.3. The van der Waals surface area contributed by atoms with E-state index in [0.717, 1.165) is 28.4 Å². The molecule has 1 aliphatic rings. The molecule has 8 heteroatoms. The number of benzene rings is 2. The number of barbiturate groups is 1. The van der Waals surface area contributed by atoms with Crippen LogP contribution in [0.5, 0.6) is 0 Å². The summed E-state index contributed by atoms with van der Waals surface area (Å²) in [5.41, 5.74) is 2.43. The van der Waals surface area contributed by atoms with Crippen LogP contribution < -0.4 is 15.1 Å². The zero-order chi connectivity index (χ0) is 22.1. The zero-order valence-electron chi connectivity index (χ0n) is 16.9. The highest BCUT2D eigenvalue weighted by atomic mass is 19.1. The van der Waals surface area contributed by atoms with E-state index in [2.05, 4.69) is 5.32 Å². The minimum Gasteiger partial charge on any atom is -0.378 e. The number of halogens is 1. The number of hydrogen-bond acceptors (Lipinski definition) is 4. The Hall–Kier alpha value is -4.20. The predicted molar refractivity (Wildman–Crippen MR) is 115 cm³/mol. The Labute approximate surface area is 178 Å². The molecule has 4 amide bonds. The van der Waals surface area contributed by atoms with E-state index in [0.29, 0.717) is 5.69 Å². The van der Waals surface area contributed by atoms with E-state index in [1.165, 1.54) is 18.2 Å². The second-order valence-corrected chi connectivity index (χ2v) is 7.15. The van der Waals surface area contributed by atoms with E-state index in [4.69, 9.17) is 0 Å². The molecular weight excluding hydrogens is 399 g/mol. The maximum Gasteiger partial charge on any atom is 0.335 e. The molecule has 2 aromatic carbocycles. The van der Waals surface area contributed by atoms with Crippen molar-refractivity contribution in [1.29, 1.82) is 0 Å². The number of aromatic nitrogens is 1. The average molecular weight is 418 g/mol. The first-order valence-corrected chi connectivity index (χ1v) is 9.47. The van der Waals surface area contributed by atoms with Crippen LogP contribution in [0.3, 0.4) is 0 Å². The Morgan fingerprint density at radius 2 is 1.55 bits per heavy atom. The Kier molecular flexibility index (Phi) is 5.12. The molecule has 1 N–H and O–H groups in total. The van der Waals surface area contributed by atoms with Gasteiger partial charge >= 0.3 is 6.03 Å². The maximum atomic E-state index is 13.2. The Bertz CT molecular complexity index is 1190.